The lowest BCUT2D eigenvalue weighted by Gasteiger charge is -2.34. The van der Waals surface area contributed by atoms with Crippen molar-refractivity contribution in [2.24, 2.45) is 5.73 Å². The number of nitrogens with one attached hydrogen (secondary N) is 3. The lowest BCUT2D eigenvalue weighted by atomic mass is 9.76. The first-order valence-electron chi connectivity index (χ1n) is 23.9. The van der Waals surface area contributed by atoms with Crippen LogP contribution >= 0.6 is 0 Å². The zero-order valence-electron chi connectivity index (χ0n) is 39.1. The van der Waals surface area contributed by atoms with Gasteiger partial charge in [-0.15, -0.1) is 0 Å². The van der Waals surface area contributed by atoms with E-state index in [4.69, 9.17) is 10.5 Å². The van der Waals surface area contributed by atoms with Crippen LogP contribution in [0, 0.1) is 11.6 Å². The van der Waals surface area contributed by atoms with E-state index in [2.05, 4.69) is 62.3 Å². The molecule has 11 heteroatoms. The van der Waals surface area contributed by atoms with Gasteiger partial charge in [-0.2, -0.15) is 0 Å². The smallest absolute Gasteiger partial charge is 0.410 e. The maximum atomic E-state index is 13.8. The van der Waals surface area contributed by atoms with Gasteiger partial charge in [0.1, 0.15) is 17.4 Å². The van der Waals surface area contributed by atoms with Crippen LogP contribution < -0.4 is 26.4 Å². The van der Waals surface area contributed by atoms with E-state index in [1.54, 1.807) is 55.1 Å². The minimum Gasteiger partial charge on any atom is -0.410 e. The van der Waals surface area contributed by atoms with Crippen LogP contribution in [0.3, 0.4) is 0 Å². The summed E-state index contributed by atoms with van der Waals surface area (Å²) >= 11 is 0. The first-order chi connectivity index (χ1) is 34.7. The molecule has 5 N–H and O–H groups in total. The number of anilines is 2. The number of benzene rings is 7. The molecule has 0 aliphatic heterocycles. The third kappa shape index (κ3) is 12.3. The molecule has 0 saturated heterocycles. The fourth-order valence-electron chi connectivity index (χ4n) is 9.73. The molecular formula is C60H54F2N6O3. The molecule has 71 heavy (non-hydrogen) atoms. The lowest BCUT2D eigenvalue weighted by Crippen LogP contribution is -2.44. The Kier molecular flexibility index (Phi) is 15.4. The number of hydrogen-bond donors (Lipinski definition) is 4. The third-order valence-corrected chi connectivity index (χ3v) is 13.2. The molecule has 2 aliphatic carbocycles. The molecule has 3 unspecified atom stereocenters. The summed E-state index contributed by atoms with van der Waals surface area (Å²) in [6.07, 6.45) is 11.5. The van der Waals surface area contributed by atoms with Gasteiger partial charge in [0, 0.05) is 70.3 Å². The van der Waals surface area contributed by atoms with Crippen LogP contribution in [0.4, 0.5) is 29.7 Å². The highest BCUT2D eigenvalue weighted by molar-refractivity contribution is 6.02. The monoisotopic (exact) mass is 944 g/mol. The fraction of sp³-hybridized carbons (Fsp3) is 0.167. The van der Waals surface area contributed by atoms with Gasteiger partial charge in [-0.1, -0.05) is 115 Å². The molecule has 7 aromatic carbocycles. The second-order valence-corrected chi connectivity index (χ2v) is 17.9. The minimum absolute atomic E-state index is 0.0511. The van der Waals surface area contributed by atoms with E-state index in [1.807, 2.05) is 103 Å². The van der Waals surface area contributed by atoms with E-state index in [9.17, 15) is 18.4 Å². The topological polar surface area (TPSA) is 131 Å². The average Bonchev–Trinajstić information content (AvgIpc) is 3.39. The highest BCUT2D eigenvalue weighted by Gasteiger charge is 2.31. The summed E-state index contributed by atoms with van der Waals surface area (Å²) < 4.78 is 32.4. The van der Waals surface area contributed by atoms with Gasteiger partial charge >= 0.3 is 12.1 Å². The van der Waals surface area contributed by atoms with Gasteiger partial charge in [0.25, 0.3) is 0 Å². The number of urea groups is 1. The van der Waals surface area contributed by atoms with Crippen molar-refractivity contribution in [3.63, 3.8) is 0 Å². The average molecular weight is 945 g/mol. The second kappa shape index (κ2) is 22.9. The SMILES string of the molecule is NC1CCc2cc(F)ccc2C1Cc1ccccc1.O=C(Nc1cccc2cnccc12)N[C@H]1CCc2cc(F)ccc2C1Cc1ccccc1.O=C(Nc1cccc2cnccc12)Oc1ccccc1. The van der Waals surface area contributed by atoms with Gasteiger partial charge in [0.15, 0.2) is 0 Å². The number of halogens is 2. The van der Waals surface area contributed by atoms with Gasteiger partial charge < -0.3 is 21.1 Å². The molecule has 0 fully saturated rings. The van der Waals surface area contributed by atoms with E-state index in [1.165, 1.54) is 22.8 Å². The number of aryl methyl sites for hydroxylation is 2. The lowest BCUT2D eigenvalue weighted by molar-refractivity contribution is 0.215. The summed E-state index contributed by atoms with van der Waals surface area (Å²) in [5, 5.41) is 12.8. The molecule has 2 aliphatic rings. The maximum Gasteiger partial charge on any atom is 0.417 e. The van der Waals surface area contributed by atoms with Gasteiger partial charge in [-0.3, -0.25) is 15.3 Å². The number of hydrogen-bond acceptors (Lipinski definition) is 6. The molecule has 2 heterocycles. The van der Waals surface area contributed by atoms with Gasteiger partial charge in [-0.05, 0) is 133 Å². The van der Waals surface area contributed by atoms with Crippen molar-refractivity contribution in [2.45, 2.75) is 62.4 Å². The number of amides is 3. The number of ether oxygens (including phenoxy) is 1. The Bertz CT molecular complexity index is 3220. The van der Waals surface area contributed by atoms with E-state index in [0.717, 1.165) is 82.4 Å². The number of para-hydroxylation sites is 1. The van der Waals surface area contributed by atoms with Gasteiger partial charge in [-0.25, -0.2) is 18.4 Å². The van der Waals surface area contributed by atoms with E-state index < -0.39 is 6.09 Å². The standard InChI is InChI=1S/C27H24FN3O.C17H18FN.C16H12N2O2/c28-21-10-11-22-19(16-21)9-12-26(24(22)15-18-5-2-1-3-6-18)31-27(32)30-25-8-4-7-20-17-29-14-13-23(20)25;18-14-7-8-15-13(11-14)6-9-17(19)16(15)10-12-4-2-1-3-5-12;19-16(20-13-6-2-1-3-7-13)18-15-8-4-5-12-11-17-10-9-14(12)15/h1-8,10-11,13-14,16-17,24,26H,9,12,15H2,(H2,30,31,32);1-5,7-8,11,16-17H,6,9-10,19H2;1-11H,(H,18,19)/t24?,26-;;/m0../s1. The molecule has 9 aromatic rings. The van der Waals surface area contributed by atoms with Crippen molar-refractivity contribution in [1.29, 1.82) is 0 Å². The number of nitrogens with zero attached hydrogens (tertiary/aromatic N) is 2. The molecule has 0 radical (unpaired) electrons. The van der Waals surface area contributed by atoms with Crippen LogP contribution in [0.1, 0.15) is 58.1 Å². The number of pyridine rings is 2. The second-order valence-electron chi connectivity index (χ2n) is 17.9. The summed E-state index contributed by atoms with van der Waals surface area (Å²) in [6.45, 7) is 0. The van der Waals surface area contributed by atoms with E-state index in [-0.39, 0.29) is 35.7 Å². The number of carbonyl (C=O) groups excluding carboxylic acids is 2. The quantitative estimate of drug-likeness (QED) is 0.120. The van der Waals surface area contributed by atoms with Crippen LogP contribution in [0.2, 0.25) is 0 Å². The normalized spacial score (nSPS) is 16.7. The van der Waals surface area contributed by atoms with Crippen LogP contribution in [0.25, 0.3) is 21.5 Å². The summed E-state index contributed by atoms with van der Waals surface area (Å²) in [5.41, 5.74) is 14.7. The van der Waals surface area contributed by atoms with Gasteiger partial charge in [0.2, 0.25) is 0 Å². The van der Waals surface area contributed by atoms with Crippen molar-refractivity contribution in [2.75, 3.05) is 10.6 Å². The molecule has 11 rings (SSSR count). The molecule has 9 nitrogen and oxygen atoms in total. The summed E-state index contributed by atoms with van der Waals surface area (Å²) in [7, 11) is 0. The van der Waals surface area contributed by atoms with Crippen molar-refractivity contribution >= 4 is 45.0 Å². The van der Waals surface area contributed by atoms with Gasteiger partial charge in [0.05, 0.1) is 11.4 Å². The van der Waals surface area contributed by atoms with Crippen LogP contribution in [0.15, 0.2) is 201 Å². The Hall–Kier alpha value is -8.28. The molecule has 356 valence electrons. The van der Waals surface area contributed by atoms with Crippen molar-refractivity contribution in [3.05, 3.63) is 246 Å². The molecule has 0 bridgehead atoms. The molecule has 3 amide bonds. The number of rotatable bonds is 8. The fourth-order valence-corrected chi connectivity index (χ4v) is 9.73. The Balaban J connectivity index is 0.000000139. The summed E-state index contributed by atoms with van der Waals surface area (Å²) in [4.78, 5) is 33.1. The predicted molar refractivity (Wildman–Crippen MR) is 279 cm³/mol. The predicted octanol–water partition coefficient (Wildman–Crippen LogP) is 13.1. The molecule has 0 saturated carbocycles. The van der Waals surface area contributed by atoms with Crippen molar-refractivity contribution in [1.82, 2.24) is 15.3 Å². The van der Waals surface area contributed by atoms with Crippen molar-refractivity contribution < 1.29 is 23.1 Å². The molecular weight excluding hydrogens is 891 g/mol. The Morgan fingerprint density at radius 3 is 1.65 bits per heavy atom. The van der Waals surface area contributed by atoms with E-state index in [0.29, 0.717) is 17.4 Å². The van der Waals surface area contributed by atoms with Crippen LogP contribution in [-0.4, -0.2) is 34.2 Å². The van der Waals surface area contributed by atoms with Crippen LogP contribution in [0.5, 0.6) is 5.75 Å². The molecule has 0 spiro atoms. The zero-order chi connectivity index (χ0) is 48.9. The largest absolute Gasteiger partial charge is 0.417 e. The van der Waals surface area contributed by atoms with E-state index >= 15 is 0 Å². The maximum absolute atomic E-state index is 13.8. The Morgan fingerprint density at radius 1 is 0.563 bits per heavy atom. The first kappa shape index (κ1) is 47.8. The highest BCUT2D eigenvalue weighted by Crippen LogP contribution is 2.36. The number of carbonyl (C=O) groups is 2. The summed E-state index contributed by atoms with van der Waals surface area (Å²) in [6, 6.07) is 54.7. The molecule has 4 atom stereocenters. The first-order valence-corrected chi connectivity index (χ1v) is 23.9. The van der Waals surface area contributed by atoms with Crippen molar-refractivity contribution in [3.8, 4) is 5.75 Å². The summed E-state index contributed by atoms with van der Waals surface area (Å²) in [5.74, 6) is 0.521. The zero-order valence-corrected chi connectivity index (χ0v) is 39.1. The number of fused-ring (bicyclic) bond motifs is 4. The Morgan fingerprint density at radius 2 is 1.07 bits per heavy atom. The number of aromatic nitrogens is 2. The third-order valence-electron chi connectivity index (χ3n) is 13.2. The highest BCUT2D eigenvalue weighted by atomic mass is 19.1. The minimum atomic E-state index is -0.513. The van der Waals surface area contributed by atoms with Crippen LogP contribution in [-0.2, 0) is 25.7 Å². The molecule has 2 aromatic heterocycles. The Labute approximate surface area is 412 Å². The number of nitrogens with two attached hydrogens (primary N) is 1.